The van der Waals surface area contributed by atoms with Crippen LogP contribution in [0.4, 0.5) is 0 Å². The van der Waals surface area contributed by atoms with Crippen LogP contribution in [0.15, 0.2) is 47.8 Å². The van der Waals surface area contributed by atoms with Crippen molar-refractivity contribution in [2.75, 3.05) is 6.54 Å². The Kier molecular flexibility index (Phi) is 4.74. The van der Waals surface area contributed by atoms with Crippen LogP contribution < -0.4 is 5.73 Å². The molecule has 3 N–H and O–H groups in total. The molecule has 0 radical (unpaired) electrons. The highest BCUT2D eigenvalue weighted by Gasteiger charge is 2.32. The maximum Gasteiger partial charge on any atom is 0.128 e. The van der Waals surface area contributed by atoms with E-state index in [9.17, 15) is 5.11 Å². The van der Waals surface area contributed by atoms with E-state index in [4.69, 9.17) is 10.5 Å². The van der Waals surface area contributed by atoms with Crippen LogP contribution in [-0.4, -0.2) is 22.9 Å². The van der Waals surface area contributed by atoms with Gasteiger partial charge in [0.15, 0.2) is 0 Å². The fourth-order valence-corrected chi connectivity index (χ4v) is 2.85. The topological polar surface area (TPSA) is 55.5 Å². The Bertz CT molecular complexity index is 499. The lowest BCUT2D eigenvalue weighted by Crippen LogP contribution is -2.34. The van der Waals surface area contributed by atoms with Crippen LogP contribution in [0.3, 0.4) is 0 Å². The summed E-state index contributed by atoms with van der Waals surface area (Å²) >= 11 is 0. The monoisotopic (exact) mass is 289 g/mol. The molecule has 0 aromatic rings. The molecule has 0 saturated heterocycles. The quantitative estimate of drug-likeness (QED) is 0.817. The van der Waals surface area contributed by atoms with Gasteiger partial charge in [-0.05, 0) is 57.5 Å². The molecule has 3 unspecified atom stereocenters. The molecular weight excluding hydrogens is 262 g/mol. The molecule has 0 heterocycles. The largest absolute Gasteiger partial charge is 0.484 e. The number of nitrogens with two attached hydrogens (primary N) is 1. The summed E-state index contributed by atoms with van der Waals surface area (Å²) in [6.07, 6.45) is 14.8. The zero-order chi connectivity index (χ0) is 15.5. The van der Waals surface area contributed by atoms with E-state index in [-0.39, 0.29) is 11.5 Å². The van der Waals surface area contributed by atoms with Crippen molar-refractivity contribution in [2.45, 2.75) is 51.2 Å². The van der Waals surface area contributed by atoms with Gasteiger partial charge in [0, 0.05) is 12.3 Å². The van der Waals surface area contributed by atoms with E-state index in [1.807, 2.05) is 25.2 Å². The number of allylic oxidation sites excluding steroid dienone is 2. The van der Waals surface area contributed by atoms with Gasteiger partial charge in [-0.3, -0.25) is 0 Å². The summed E-state index contributed by atoms with van der Waals surface area (Å²) in [4.78, 5) is 0. The maximum absolute atomic E-state index is 10.3. The molecule has 0 spiro atoms. The van der Waals surface area contributed by atoms with Crippen LogP contribution in [-0.2, 0) is 4.74 Å². The molecule has 3 heteroatoms. The Hall–Kier alpha value is -1.32. The molecule has 0 aromatic heterocycles. The third-order valence-corrected chi connectivity index (χ3v) is 4.34. The number of hydrogen-bond donors (Lipinski definition) is 2. The van der Waals surface area contributed by atoms with E-state index in [1.54, 1.807) is 0 Å². The van der Waals surface area contributed by atoms with Crippen molar-refractivity contribution in [1.82, 2.24) is 0 Å². The third-order valence-electron chi connectivity index (χ3n) is 4.34. The first-order valence-electron chi connectivity index (χ1n) is 7.79. The first-order chi connectivity index (χ1) is 9.88. The van der Waals surface area contributed by atoms with Crippen molar-refractivity contribution in [3.63, 3.8) is 0 Å². The second-order valence-electron chi connectivity index (χ2n) is 6.41. The first kappa shape index (κ1) is 16.1. The lowest BCUT2D eigenvalue weighted by atomic mass is 9.83. The summed E-state index contributed by atoms with van der Waals surface area (Å²) in [5.41, 5.74) is 5.76. The van der Waals surface area contributed by atoms with E-state index in [0.29, 0.717) is 6.54 Å². The van der Waals surface area contributed by atoms with Gasteiger partial charge in [0.1, 0.15) is 11.4 Å². The smallest absolute Gasteiger partial charge is 0.128 e. The van der Waals surface area contributed by atoms with Crippen molar-refractivity contribution in [3.8, 4) is 0 Å². The highest BCUT2D eigenvalue weighted by atomic mass is 16.5. The SMILES string of the molecule is CCC1C=C(OC2(C)C=CC(CCN)=CC2)C=CC1(C)O. The van der Waals surface area contributed by atoms with Crippen LogP contribution in [0.2, 0.25) is 0 Å². The molecule has 0 fully saturated rings. The third kappa shape index (κ3) is 3.86. The van der Waals surface area contributed by atoms with E-state index in [2.05, 4.69) is 32.1 Å². The minimum Gasteiger partial charge on any atom is -0.484 e. The summed E-state index contributed by atoms with van der Waals surface area (Å²) in [5.74, 6) is 0.938. The van der Waals surface area contributed by atoms with Gasteiger partial charge in [-0.15, -0.1) is 0 Å². The average Bonchev–Trinajstić information content (AvgIpc) is 2.44. The van der Waals surface area contributed by atoms with Crippen molar-refractivity contribution >= 4 is 0 Å². The predicted octanol–water partition coefficient (Wildman–Crippen LogP) is 3.23. The molecule has 0 bridgehead atoms. The van der Waals surface area contributed by atoms with Gasteiger partial charge in [0.05, 0.1) is 5.60 Å². The van der Waals surface area contributed by atoms with Crippen molar-refractivity contribution in [2.24, 2.45) is 11.7 Å². The van der Waals surface area contributed by atoms with Crippen LogP contribution in [0.5, 0.6) is 0 Å². The van der Waals surface area contributed by atoms with Crippen LogP contribution in [0.25, 0.3) is 0 Å². The standard InChI is InChI=1S/C18H27NO2/c1-4-15-13-16(7-11-18(15,3)20)21-17(2)9-5-14(6-10-17)8-12-19/h5-7,9,11,13,15,20H,4,8,10,12,19H2,1-3H3. The molecule has 2 aliphatic carbocycles. The van der Waals surface area contributed by atoms with Gasteiger partial charge >= 0.3 is 0 Å². The second kappa shape index (κ2) is 6.20. The second-order valence-corrected chi connectivity index (χ2v) is 6.41. The zero-order valence-electron chi connectivity index (χ0n) is 13.3. The zero-order valence-corrected chi connectivity index (χ0v) is 13.3. The molecule has 0 aromatic carbocycles. The maximum atomic E-state index is 10.3. The summed E-state index contributed by atoms with van der Waals surface area (Å²) in [7, 11) is 0. The molecular formula is C18H27NO2. The lowest BCUT2D eigenvalue weighted by molar-refractivity contribution is 0.0417. The van der Waals surface area contributed by atoms with Crippen LogP contribution in [0, 0.1) is 5.92 Å². The minimum absolute atomic E-state index is 0.0945. The van der Waals surface area contributed by atoms with Gasteiger partial charge in [-0.25, -0.2) is 0 Å². The number of ether oxygens (including phenoxy) is 1. The average molecular weight is 289 g/mol. The van der Waals surface area contributed by atoms with Crippen LogP contribution >= 0.6 is 0 Å². The summed E-state index contributed by atoms with van der Waals surface area (Å²) in [6, 6.07) is 0. The normalized spacial score (nSPS) is 35.4. The van der Waals surface area contributed by atoms with Gasteiger partial charge in [-0.1, -0.05) is 24.6 Å². The van der Waals surface area contributed by atoms with E-state index >= 15 is 0 Å². The van der Waals surface area contributed by atoms with Gasteiger partial charge in [0.2, 0.25) is 0 Å². The van der Waals surface area contributed by atoms with Crippen molar-refractivity contribution in [3.05, 3.63) is 47.8 Å². The van der Waals surface area contributed by atoms with Gasteiger partial charge < -0.3 is 15.6 Å². The first-order valence-corrected chi connectivity index (χ1v) is 7.79. The van der Waals surface area contributed by atoms with Gasteiger partial charge in [0.25, 0.3) is 0 Å². The summed E-state index contributed by atoms with van der Waals surface area (Å²) in [6.45, 7) is 6.68. The Balaban J connectivity index is 2.05. The van der Waals surface area contributed by atoms with Crippen LogP contribution in [0.1, 0.15) is 40.0 Å². The molecule has 2 rings (SSSR count). The molecule has 2 aliphatic rings. The number of rotatable bonds is 5. The predicted molar refractivity (Wildman–Crippen MR) is 86.6 cm³/mol. The number of hydrogen-bond acceptors (Lipinski definition) is 3. The highest BCUT2D eigenvalue weighted by Crippen LogP contribution is 2.34. The molecule has 3 atom stereocenters. The Labute approximate surface area is 127 Å². The molecule has 21 heavy (non-hydrogen) atoms. The van der Waals surface area contributed by atoms with Gasteiger partial charge in [-0.2, -0.15) is 0 Å². The molecule has 0 aliphatic heterocycles. The number of aliphatic hydroxyl groups is 1. The van der Waals surface area contributed by atoms with E-state index < -0.39 is 5.60 Å². The minimum atomic E-state index is -0.779. The highest BCUT2D eigenvalue weighted by molar-refractivity contribution is 5.30. The van der Waals surface area contributed by atoms with E-state index in [1.165, 1.54) is 5.57 Å². The molecule has 0 saturated carbocycles. The lowest BCUT2D eigenvalue weighted by Gasteiger charge is -2.35. The molecule has 3 nitrogen and oxygen atoms in total. The van der Waals surface area contributed by atoms with Crippen molar-refractivity contribution in [1.29, 1.82) is 0 Å². The van der Waals surface area contributed by atoms with Crippen molar-refractivity contribution < 1.29 is 9.84 Å². The summed E-state index contributed by atoms with van der Waals surface area (Å²) in [5, 5.41) is 10.3. The Morgan fingerprint density at radius 2 is 2.10 bits per heavy atom. The fourth-order valence-electron chi connectivity index (χ4n) is 2.85. The van der Waals surface area contributed by atoms with E-state index in [0.717, 1.165) is 25.0 Å². The molecule has 0 amide bonds. The fraction of sp³-hybridized carbons (Fsp3) is 0.556. The Morgan fingerprint density at radius 3 is 2.67 bits per heavy atom. The molecule has 116 valence electrons. The Morgan fingerprint density at radius 1 is 1.33 bits per heavy atom. The summed E-state index contributed by atoms with van der Waals surface area (Å²) < 4.78 is 6.17.